The summed E-state index contributed by atoms with van der Waals surface area (Å²) in [6.07, 6.45) is -5.93. The van der Waals surface area contributed by atoms with E-state index in [1.54, 1.807) is 0 Å². The second-order valence-electron chi connectivity index (χ2n) is 6.79. The number of amides is 1. The number of fused-ring (bicyclic) bond motifs is 1. The molecule has 3 aromatic heterocycles. The number of pyridine rings is 1. The van der Waals surface area contributed by atoms with Gasteiger partial charge in [-0.3, -0.25) is 0 Å². The van der Waals surface area contributed by atoms with Gasteiger partial charge in [0.2, 0.25) is 5.88 Å². The van der Waals surface area contributed by atoms with Gasteiger partial charge in [0.1, 0.15) is 5.69 Å². The van der Waals surface area contributed by atoms with Gasteiger partial charge in [0.15, 0.2) is 5.65 Å². The van der Waals surface area contributed by atoms with Crippen LogP contribution in [0.2, 0.25) is 0 Å². The molecule has 4 aromatic rings. The maximum atomic E-state index is 13.7. The first kappa shape index (κ1) is 22.7. The number of benzene rings is 1. The zero-order valence-corrected chi connectivity index (χ0v) is 16.8. The first-order chi connectivity index (χ1) is 16.1. The van der Waals surface area contributed by atoms with E-state index in [0.29, 0.717) is 5.56 Å². The van der Waals surface area contributed by atoms with Crippen molar-refractivity contribution in [3.63, 3.8) is 0 Å². The van der Waals surface area contributed by atoms with Gasteiger partial charge >= 0.3 is 12.3 Å². The number of primary amides is 1. The minimum absolute atomic E-state index is 0.00170. The van der Waals surface area contributed by atoms with E-state index in [1.165, 1.54) is 24.5 Å². The SMILES string of the molecule is NC(=O)Oc1ccc(C#Cc2cnn3c(C(F)F)cc(-c4ccc(C(F)(F)F)cc4)nc23)cn1. The summed E-state index contributed by atoms with van der Waals surface area (Å²) < 4.78 is 71.4. The molecule has 0 atom stereocenters. The van der Waals surface area contributed by atoms with E-state index in [1.807, 2.05) is 0 Å². The molecule has 0 aliphatic heterocycles. The molecule has 3 heterocycles. The van der Waals surface area contributed by atoms with Crippen LogP contribution in [0.4, 0.5) is 26.7 Å². The van der Waals surface area contributed by atoms with Gasteiger partial charge < -0.3 is 10.5 Å². The highest BCUT2D eigenvalue weighted by Crippen LogP contribution is 2.32. The molecule has 0 unspecified atom stereocenters. The highest BCUT2D eigenvalue weighted by molar-refractivity contribution is 5.68. The normalized spacial score (nSPS) is 11.4. The van der Waals surface area contributed by atoms with Crippen molar-refractivity contribution in [1.82, 2.24) is 19.6 Å². The predicted octanol–water partition coefficient (Wildman–Crippen LogP) is 4.61. The summed E-state index contributed by atoms with van der Waals surface area (Å²) in [5.41, 5.74) is 4.40. The average molecular weight is 473 g/mol. The fourth-order valence-electron chi connectivity index (χ4n) is 2.96. The minimum atomic E-state index is -4.53. The van der Waals surface area contributed by atoms with Crippen molar-refractivity contribution >= 4 is 11.7 Å². The fraction of sp³-hybridized carbons (Fsp3) is 0.0909. The maximum absolute atomic E-state index is 13.7. The Balaban J connectivity index is 1.73. The summed E-state index contributed by atoms with van der Waals surface area (Å²) in [6, 6.07) is 7.92. The van der Waals surface area contributed by atoms with Crippen LogP contribution in [0.1, 0.15) is 28.8 Å². The summed E-state index contributed by atoms with van der Waals surface area (Å²) in [5, 5.41) is 3.92. The third-order valence-corrected chi connectivity index (χ3v) is 4.51. The first-order valence-corrected chi connectivity index (χ1v) is 9.41. The van der Waals surface area contributed by atoms with Crippen LogP contribution in [0.3, 0.4) is 0 Å². The first-order valence-electron chi connectivity index (χ1n) is 9.41. The van der Waals surface area contributed by atoms with Crippen LogP contribution in [0.15, 0.2) is 54.9 Å². The number of ether oxygens (including phenoxy) is 1. The number of alkyl halides is 5. The average Bonchev–Trinajstić information content (AvgIpc) is 3.20. The second kappa shape index (κ2) is 8.78. The summed E-state index contributed by atoms with van der Waals surface area (Å²) in [7, 11) is 0. The van der Waals surface area contributed by atoms with E-state index in [2.05, 4.69) is 31.6 Å². The Hall–Kier alpha value is -4.53. The van der Waals surface area contributed by atoms with E-state index < -0.39 is 30.0 Å². The van der Waals surface area contributed by atoms with E-state index in [9.17, 15) is 26.7 Å². The fourth-order valence-corrected chi connectivity index (χ4v) is 2.96. The summed E-state index contributed by atoms with van der Waals surface area (Å²) in [4.78, 5) is 18.9. The smallest absolute Gasteiger partial charge is 0.391 e. The zero-order valence-electron chi connectivity index (χ0n) is 16.8. The maximum Gasteiger partial charge on any atom is 0.416 e. The molecule has 0 fully saturated rings. The van der Waals surface area contributed by atoms with E-state index >= 15 is 0 Å². The quantitative estimate of drug-likeness (QED) is 0.347. The molecule has 0 saturated heterocycles. The van der Waals surface area contributed by atoms with Crippen LogP contribution in [0.5, 0.6) is 5.88 Å². The Labute approximate surface area is 188 Å². The third-order valence-electron chi connectivity index (χ3n) is 4.51. The molecule has 34 heavy (non-hydrogen) atoms. The van der Waals surface area contributed by atoms with E-state index in [4.69, 9.17) is 5.73 Å². The number of nitrogens with two attached hydrogens (primary N) is 1. The molecule has 0 bridgehead atoms. The number of aromatic nitrogens is 4. The number of hydrogen-bond donors (Lipinski definition) is 1. The van der Waals surface area contributed by atoms with Gasteiger partial charge in [-0.2, -0.15) is 18.3 Å². The molecule has 0 radical (unpaired) electrons. The third kappa shape index (κ3) is 4.78. The lowest BCUT2D eigenvalue weighted by Crippen LogP contribution is -2.16. The molecule has 0 aliphatic carbocycles. The molecule has 12 heteroatoms. The molecule has 1 aromatic carbocycles. The number of halogens is 5. The Kier molecular flexibility index (Phi) is 5.85. The number of nitrogens with zero attached hydrogens (tertiary/aromatic N) is 4. The van der Waals surface area contributed by atoms with Gasteiger partial charge in [0.05, 0.1) is 23.0 Å². The molecule has 1 amide bonds. The van der Waals surface area contributed by atoms with Gasteiger partial charge in [-0.05, 0) is 24.3 Å². The second-order valence-corrected chi connectivity index (χ2v) is 6.79. The molecule has 0 spiro atoms. The highest BCUT2D eigenvalue weighted by atomic mass is 19.4. The van der Waals surface area contributed by atoms with Gasteiger partial charge in [-0.25, -0.2) is 28.1 Å². The van der Waals surface area contributed by atoms with Crippen molar-refractivity contribution < 1.29 is 31.5 Å². The molecular formula is C22H12F5N5O2. The van der Waals surface area contributed by atoms with E-state index in [0.717, 1.165) is 34.8 Å². The van der Waals surface area contributed by atoms with Gasteiger partial charge in [-0.1, -0.05) is 24.0 Å². The number of rotatable bonds is 3. The van der Waals surface area contributed by atoms with Crippen molar-refractivity contribution in [2.24, 2.45) is 5.73 Å². The lowest BCUT2D eigenvalue weighted by atomic mass is 10.1. The number of hydrogen-bond acceptors (Lipinski definition) is 5. The van der Waals surface area contributed by atoms with Crippen molar-refractivity contribution in [3.8, 4) is 29.0 Å². The van der Waals surface area contributed by atoms with Crippen LogP contribution >= 0.6 is 0 Å². The molecule has 7 nitrogen and oxygen atoms in total. The molecule has 0 saturated carbocycles. The Morgan fingerprint density at radius 2 is 1.79 bits per heavy atom. The molecule has 0 aliphatic rings. The van der Waals surface area contributed by atoms with Crippen molar-refractivity contribution in [1.29, 1.82) is 0 Å². The molecular weight excluding hydrogens is 461 g/mol. The molecule has 172 valence electrons. The van der Waals surface area contributed by atoms with Gasteiger partial charge in [0.25, 0.3) is 6.43 Å². The van der Waals surface area contributed by atoms with Gasteiger partial charge in [-0.15, -0.1) is 0 Å². The van der Waals surface area contributed by atoms with E-state index in [-0.39, 0.29) is 28.3 Å². The van der Waals surface area contributed by atoms with Crippen LogP contribution in [0.25, 0.3) is 16.9 Å². The highest BCUT2D eigenvalue weighted by Gasteiger charge is 2.30. The monoisotopic (exact) mass is 473 g/mol. The minimum Gasteiger partial charge on any atom is -0.391 e. The van der Waals surface area contributed by atoms with Crippen LogP contribution in [-0.4, -0.2) is 25.7 Å². The van der Waals surface area contributed by atoms with Crippen molar-refractivity contribution in [2.75, 3.05) is 0 Å². The largest absolute Gasteiger partial charge is 0.416 e. The standard InChI is InChI=1S/C22H12F5N5O2/c23-19(24)17-9-16(13-4-6-15(7-5-13)22(25,26)27)31-20-14(11-30-32(17)20)3-1-12-2-8-18(29-10-12)34-21(28)33/h2,4-11,19H,(H2,28,33). The van der Waals surface area contributed by atoms with Crippen LogP contribution < -0.4 is 10.5 Å². The topological polar surface area (TPSA) is 95.4 Å². The Morgan fingerprint density at radius 3 is 2.38 bits per heavy atom. The lowest BCUT2D eigenvalue weighted by molar-refractivity contribution is -0.137. The predicted molar refractivity (Wildman–Crippen MR) is 109 cm³/mol. The summed E-state index contributed by atoms with van der Waals surface area (Å²) in [6.45, 7) is 0. The Morgan fingerprint density at radius 1 is 1.06 bits per heavy atom. The van der Waals surface area contributed by atoms with Crippen molar-refractivity contribution in [3.05, 3.63) is 77.2 Å². The van der Waals surface area contributed by atoms with Crippen molar-refractivity contribution in [2.45, 2.75) is 12.6 Å². The summed E-state index contributed by atoms with van der Waals surface area (Å²) in [5.74, 6) is 5.49. The Bertz CT molecular complexity index is 1420. The lowest BCUT2D eigenvalue weighted by Gasteiger charge is -2.10. The molecule has 2 N–H and O–H groups in total. The van der Waals surface area contributed by atoms with Crippen LogP contribution in [0, 0.1) is 11.8 Å². The zero-order chi connectivity index (χ0) is 24.5. The summed E-state index contributed by atoms with van der Waals surface area (Å²) >= 11 is 0. The number of carbonyl (C=O) groups excluding carboxylic acids is 1. The van der Waals surface area contributed by atoms with Crippen LogP contribution in [-0.2, 0) is 6.18 Å². The molecule has 4 rings (SSSR count). The number of carbonyl (C=O) groups is 1. The van der Waals surface area contributed by atoms with Gasteiger partial charge in [0, 0.05) is 23.4 Å².